The highest BCUT2D eigenvalue weighted by Crippen LogP contribution is 2.29. The van der Waals surface area contributed by atoms with Crippen molar-refractivity contribution in [1.82, 2.24) is 20.2 Å². The number of para-hydroxylation sites is 1. The molecule has 0 fully saturated rings. The maximum absolute atomic E-state index is 12.8. The van der Waals surface area contributed by atoms with Crippen LogP contribution in [-0.2, 0) is 11.3 Å². The number of furan rings is 1. The van der Waals surface area contributed by atoms with Crippen molar-refractivity contribution in [3.63, 3.8) is 0 Å². The number of benzene rings is 2. The quantitative estimate of drug-likeness (QED) is 0.466. The van der Waals surface area contributed by atoms with Gasteiger partial charge >= 0.3 is 0 Å². The van der Waals surface area contributed by atoms with Crippen molar-refractivity contribution >= 4 is 23.4 Å². The number of rotatable bonds is 7. The molecule has 2 aromatic heterocycles. The van der Waals surface area contributed by atoms with Crippen molar-refractivity contribution in [3.8, 4) is 11.1 Å². The lowest BCUT2D eigenvalue weighted by Crippen LogP contribution is -2.23. The van der Waals surface area contributed by atoms with E-state index in [1.54, 1.807) is 10.9 Å². The maximum atomic E-state index is 12.8. The second-order valence-corrected chi connectivity index (χ2v) is 7.67. The average molecular weight is 405 g/mol. The van der Waals surface area contributed by atoms with Crippen molar-refractivity contribution in [2.24, 2.45) is 0 Å². The number of carbonyl (C=O) groups excluding carboxylic acids is 1. The molecule has 29 heavy (non-hydrogen) atoms. The summed E-state index contributed by atoms with van der Waals surface area (Å²) in [6.07, 6.45) is 1.60. The fourth-order valence-electron chi connectivity index (χ4n) is 2.84. The Morgan fingerprint density at radius 2 is 1.90 bits per heavy atom. The van der Waals surface area contributed by atoms with Gasteiger partial charge in [-0.2, -0.15) is 0 Å². The van der Waals surface area contributed by atoms with Crippen LogP contribution in [0.2, 0.25) is 0 Å². The van der Waals surface area contributed by atoms with E-state index in [9.17, 15) is 4.79 Å². The van der Waals surface area contributed by atoms with E-state index in [1.165, 1.54) is 11.8 Å². The lowest BCUT2D eigenvalue weighted by molar-refractivity contribution is -0.115. The van der Waals surface area contributed by atoms with Gasteiger partial charge in [-0.3, -0.25) is 4.79 Å². The van der Waals surface area contributed by atoms with E-state index in [0.29, 0.717) is 11.7 Å². The number of anilines is 1. The third-order valence-corrected chi connectivity index (χ3v) is 5.38. The summed E-state index contributed by atoms with van der Waals surface area (Å²) in [5.41, 5.74) is 2.79. The fraction of sp³-hybridized carbons (Fsp3) is 0.143. The fourth-order valence-corrected chi connectivity index (χ4v) is 3.63. The summed E-state index contributed by atoms with van der Waals surface area (Å²) in [6, 6.07) is 21.4. The molecule has 0 saturated heterocycles. The molecular formula is C21H19N5O2S. The van der Waals surface area contributed by atoms with E-state index in [0.717, 1.165) is 22.6 Å². The highest BCUT2D eigenvalue weighted by atomic mass is 32.2. The summed E-state index contributed by atoms with van der Waals surface area (Å²) in [5, 5.41) is 14.9. The SMILES string of the molecule is CC(Sc1nnnn1Cc1ccco1)C(=O)Nc1ccccc1-c1ccccc1. The molecule has 1 atom stereocenters. The van der Waals surface area contributed by atoms with Crippen LogP contribution in [0, 0.1) is 0 Å². The van der Waals surface area contributed by atoms with Crippen molar-refractivity contribution < 1.29 is 9.21 Å². The van der Waals surface area contributed by atoms with Crippen LogP contribution in [0.15, 0.2) is 82.6 Å². The van der Waals surface area contributed by atoms with Crippen molar-refractivity contribution in [2.75, 3.05) is 5.32 Å². The Morgan fingerprint density at radius 1 is 1.10 bits per heavy atom. The number of nitrogens with one attached hydrogen (secondary N) is 1. The van der Waals surface area contributed by atoms with E-state index < -0.39 is 0 Å². The molecule has 2 aromatic carbocycles. The standard InChI is InChI=1S/C21H19N5O2S/c1-15(29-21-23-24-25-26(21)14-17-10-7-13-28-17)20(27)22-19-12-6-5-11-18(19)16-8-3-2-4-9-16/h2-13,15H,14H2,1H3,(H,22,27). The molecule has 0 aliphatic rings. The van der Waals surface area contributed by atoms with E-state index in [-0.39, 0.29) is 11.2 Å². The predicted molar refractivity (Wildman–Crippen MR) is 111 cm³/mol. The van der Waals surface area contributed by atoms with E-state index in [2.05, 4.69) is 20.8 Å². The van der Waals surface area contributed by atoms with Crippen LogP contribution >= 0.6 is 11.8 Å². The summed E-state index contributed by atoms with van der Waals surface area (Å²) < 4.78 is 6.96. The first-order valence-corrected chi connectivity index (χ1v) is 9.99. The number of tetrazole rings is 1. The van der Waals surface area contributed by atoms with Gasteiger partial charge in [0.2, 0.25) is 11.1 Å². The Kier molecular flexibility index (Phi) is 5.71. The van der Waals surface area contributed by atoms with Gasteiger partial charge in [-0.05, 0) is 41.1 Å². The summed E-state index contributed by atoms with van der Waals surface area (Å²) in [7, 11) is 0. The largest absolute Gasteiger partial charge is 0.467 e. The van der Waals surface area contributed by atoms with E-state index >= 15 is 0 Å². The molecule has 0 bridgehead atoms. The Bertz CT molecular complexity index is 1080. The Hall–Kier alpha value is -3.39. The van der Waals surface area contributed by atoms with Gasteiger partial charge < -0.3 is 9.73 Å². The molecule has 8 heteroatoms. The van der Waals surface area contributed by atoms with Crippen LogP contribution in [-0.4, -0.2) is 31.4 Å². The molecular weight excluding hydrogens is 386 g/mol. The van der Waals surface area contributed by atoms with Crippen LogP contribution in [0.4, 0.5) is 5.69 Å². The van der Waals surface area contributed by atoms with Crippen LogP contribution in [0.5, 0.6) is 0 Å². The third-order valence-electron chi connectivity index (χ3n) is 4.31. The van der Waals surface area contributed by atoms with Gasteiger partial charge in [0.15, 0.2) is 0 Å². The zero-order valence-electron chi connectivity index (χ0n) is 15.7. The van der Waals surface area contributed by atoms with Crippen LogP contribution in [0.3, 0.4) is 0 Å². The number of thioether (sulfide) groups is 1. The molecule has 146 valence electrons. The molecule has 7 nitrogen and oxygen atoms in total. The topological polar surface area (TPSA) is 85.8 Å². The summed E-state index contributed by atoms with van der Waals surface area (Å²) in [5.74, 6) is 0.624. The first kappa shape index (κ1) is 18.9. The first-order valence-electron chi connectivity index (χ1n) is 9.11. The zero-order chi connectivity index (χ0) is 20.1. The molecule has 0 spiro atoms. The number of amides is 1. The maximum Gasteiger partial charge on any atom is 0.237 e. The van der Waals surface area contributed by atoms with E-state index in [4.69, 9.17) is 4.42 Å². The molecule has 4 rings (SSSR count). The van der Waals surface area contributed by atoms with Gasteiger partial charge in [-0.1, -0.05) is 60.3 Å². The minimum absolute atomic E-state index is 0.120. The Morgan fingerprint density at radius 3 is 2.69 bits per heavy atom. The van der Waals surface area contributed by atoms with Gasteiger partial charge in [0.05, 0.1) is 11.5 Å². The summed E-state index contributed by atoms with van der Waals surface area (Å²) >= 11 is 1.30. The van der Waals surface area contributed by atoms with Crippen LogP contribution in [0.1, 0.15) is 12.7 Å². The van der Waals surface area contributed by atoms with E-state index in [1.807, 2.05) is 73.7 Å². The van der Waals surface area contributed by atoms with Crippen LogP contribution in [0.25, 0.3) is 11.1 Å². The number of aromatic nitrogens is 4. The minimum Gasteiger partial charge on any atom is -0.467 e. The molecule has 2 heterocycles. The molecule has 0 aliphatic heterocycles. The number of hydrogen-bond donors (Lipinski definition) is 1. The lowest BCUT2D eigenvalue weighted by Gasteiger charge is -2.14. The molecule has 0 aliphatic carbocycles. The van der Waals surface area contributed by atoms with Crippen molar-refractivity contribution in [1.29, 1.82) is 0 Å². The lowest BCUT2D eigenvalue weighted by atomic mass is 10.0. The average Bonchev–Trinajstić information content (AvgIpc) is 3.42. The molecule has 1 amide bonds. The first-order chi connectivity index (χ1) is 14.2. The van der Waals surface area contributed by atoms with Gasteiger partial charge in [-0.25, -0.2) is 4.68 Å². The van der Waals surface area contributed by atoms with Gasteiger partial charge in [-0.15, -0.1) is 5.10 Å². The highest BCUT2D eigenvalue weighted by Gasteiger charge is 2.20. The Balaban J connectivity index is 1.46. The third kappa shape index (κ3) is 4.55. The normalized spacial score (nSPS) is 11.9. The summed E-state index contributed by atoms with van der Waals surface area (Å²) in [4.78, 5) is 12.8. The highest BCUT2D eigenvalue weighted by molar-refractivity contribution is 8.00. The molecule has 0 saturated carbocycles. The molecule has 0 radical (unpaired) electrons. The van der Waals surface area contributed by atoms with Crippen molar-refractivity contribution in [2.45, 2.75) is 23.9 Å². The number of nitrogens with zero attached hydrogens (tertiary/aromatic N) is 4. The second kappa shape index (κ2) is 8.74. The van der Waals surface area contributed by atoms with Crippen LogP contribution < -0.4 is 5.32 Å². The zero-order valence-corrected chi connectivity index (χ0v) is 16.5. The molecule has 4 aromatic rings. The summed E-state index contributed by atoms with van der Waals surface area (Å²) in [6.45, 7) is 2.24. The molecule has 1 unspecified atom stereocenters. The second-order valence-electron chi connectivity index (χ2n) is 6.36. The smallest absolute Gasteiger partial charge is 0.237 e. The van der Waals surface area contributed by atoms with Crippen molar-refractivity contribution in [3.05, 3.63) is 78.8 Å². The van der Waals surface area contributed by atoms with Gasteiger partial charge in [0.1, 0.15) is 12.3 Å². The predicted octanol–water partition coefficient (Wildman–Crippen LogP) is 4.10. The number of hydrogen-bond acceptors (Lipinski definition) is 6. The van der Waals surface area contributed by atoms with Gasteiger partial charge in [0.25, 0.3) is 0 Å². The minimum atomic E-state index is -0.389. The van der Waals surface area contributed by atoms with Gasteiger partial charge in [0, 0.05) is 11.3 Å². The number of carbonyl (C=O) groups is 1. The molecule has 1 N–H and O–H groups in total. The Labute approximate surface area is 172 Å². The monoisotopic (exact) mass is 405 g/mol.